The minimum absolute atomic E-state index is 0.583. The van der Waals surface area contributed by atoms with Gasteiger partial charge >= 0.3 is 6.18 Å². The lowest BCUT2D eigenvalue weighted by Gasteiger charge is -2.33. The molecule has 1 saturated heterocycles. The average Bonchev–Trinajstić information content (AvgIpc) is 3.13. The Labute approximate surface area is 156 Å². The molecule has 2 heterocycles. The van der Waals surface area contributed by atoms with E-state index in [4.69, 9.17) is 0 Å². The number of nitrogens with zero attached hydrogens (tertiary/aromatic N) is 2. The Hall–Kier alpha value is -1.66. The first-order valence-electron chi connectivity index (χ1n) is 9.00. The zero-order chi connectivity index (χ0) is 18.1. The van der Waals surface area contributed by atoms with Gasteiger partial charge in [-0.05, 0) is 69.2 Å². The van der Waals surface area contributed by atoms with Gasteiger partial charge in [-0.3, -0.25) is 0 Å². The number of alkyl halides is 3. The number of likely N-dealkylation sites (tertiary alicyclic amines) is 1. The molecule has 0 radical (unpaired) electrons. The molecule has 4 rings (SSSR count). The van der Waals surface area contributed by atoms with Crippen molar-refractivity contribution in [1.82, 2.24) is 4.90 Å². The van der Waals surface area contributed by atoms with Crippen LogP contribution in [0.3, 0.4) is 0 Å². The third-order valence-corrected chi connectivity index (χ3v) is 6.14. The van der Waals surface area contributed by atoms with Gasteiger partial charge in [0.2, 0.25) is 0 Å². The van der Waals surface area contributed by atoms with Gasteiger partial charge in [0.1, 0.15) is 0 Å². The van der Waals surface area contributed by atoms with Gasteiger partial charge in [0.05, 0.1) is 16.9 Å². The van der Waals surface area contributed by atoms with Crippen molar-refractivity contribution in [3.8, 4) is 0 Å². The lowest BCUT2D eigenvalue weighted by molar-refractivity contribution is -0.137. The molecule has 0 bridgehead atoms. The molecule has 0 unspecified atom stereocenters. The lowest BCUT2D eigenvalue weighted by atomic mass is 10.1. The molecular weight excluding hydrogens is 357 g/mol. The summed E-state index contributed by atoms with van der Waals surface area (Å²) in [7, 11) is 0. The standard InChI is InChI=1S/C20H21F3N2S/c21-20(22,23)15-8-9-19-17(14-15)25(13-5-12-24-10-3-4-11-24)16-6-1-2-7-18(16)26-19/h1-2,6-9,14H,3-5,10-13H2. The highest BCUT2D eigenvalue weighted by Gasteiger charge is 2.33. The Morgan fingerprint density at radius 1 is 0.885 bits per heavy atom. The molecule has 0 atom stereocenters. The maximum atomic E-state index is 13.2. The molecule has 0 aliphatic carbocycles. The summed E-state index contributed by atoms with van der Waals surface area (Å²) in [4.78, 5) is 6.49. The van der Waals surface area contributed by atoms with Gasteiger partial charge in [-0.25, -0.2) is 0 Å². The number of anilines is 2. The van der Waals surface area contributed by atoms with Crippen molar-refractivity contribution in [1.29, 1.82) is 0 Å². The number of halogens is 3. The fourth-order valence-electron chi connectivity index (χ4n) is 3.71. The van der Waals surface area contributed by atoms with E-state index in [1.165, 1.54) is 25.0 Å². The quantitative estimate of drug-likeness (QED) is 0.664. The fourth-order valence-corrected chi connectivity index (χ4v) is 4.78. The monoisotopic (exact) mass is 378 g/mol. The summed E-state index contributed by atoms with van der Waals surface area (Å²) in [5, 5.41) is 0. The zero-order valence-corrected chi connectivity index (χ0v) is 15.2. The fraction of sp³-hybridized carbons (Fsp3) is 0.400. The summed E-state index contributed by atoms with van der Waals surface area (Å²) < 4.78 is 39.6. The van der Waals surface area contributed by atoms with Crippen molar-refractivity contribution in [2.75, 3.05) is 31.1 Å². The molecule has 2 aliphatic rings. The number of hydrogen-bond donors (Lipinski definition) is 0. The summed E-state index contributed by atoms with van der Waals surface area (Å²) in [6.45, 7) is 4.00. The molecule has 26 heavy (non-hydrogen) atoms. The minimum Gasteiger partial charge on any atom is -0.340 e. The summed E-state index contributed by atoms with van der Waals surface area (Å²) in [6, 6.07) is 12.0. The number of para-hydroxylation sites is 1. The molecule has 2 aromatic rings. The number of hydrogen-bond acceptors (Lipinski definition) is 3. The first-order chi connectivity index (χ1) is 12.5. The minimum atomic E-state index is -4.32. The summed E-state index contributed by atoms with van der Waals surface area (Å²) in [5.74, 6) is 0. The van der Waals surface area contributed by atoms with Crippen LogP contribution in [-0.2, 0) is 6.18 Å². The highest BCUT2D eigenvalue weighted by atomic mass is 32.2. The van der Waals surface area contributed by atoms with E-state index in [-0.39, 0.29) is 0 Å². The number of fused-ring (bicyclic) bond motifs is 2. The van der Waals surface area contributed by atoms with Crippen LogP contribution in [0.2, 0.25) is 0 Å². The van der Waals surface area contributed by atoms with Crippen molar-refractivity contribution in [2.45, 2.75) is 35.2 Å². The zero-order valence-electron chi connectivity index (χ0n) is 14.4. The summed E-state index contributed by atoms with van der Waals surface area (Å²) in [5.41, 5.74) is 1.09. The molecule has 0 N–H and O–H groups in total. The predicted molar refractivity (Wildman–Crippen MR) is 99.3 cm³/mol. The van der Waals surface area contributed by atoms with Crippen LogP contribution in [0.4, 0.5) is 24.5 Å². The van der Waals surface area contributed by atoms with Gasteiger partial charge in [-0.2, -0.15) is 13.2 Å². The highest BCUT2D eigenvalue weighted by molar-refractivity contribution is 7.99. The molecular formula is C20H21F3N2S. The Morgan fingerprint density at radius 2 is 1.62 bits per heavy atom. The number of rotatable bonds is 4. The Kier molecular flexibility index (Phi) is 4.88. The smallest absolute Gasteiger partial charge is 0.340 e. The van der Waals surface area contributed by atoms with Crippen molar-refractivity contribution in [3.05, 3.63) is 48.0 Å². The highest BCUT2D eigenvalue weighted by Crippen LogP contribution is 2.49. The van der Waals surface area contributed by atoms with Crippen molar-refractivity contribution >= 4 is 23.1 Å². The van der Waals surface area contributed by atoms with Gasteiger partial charge in [-0.1, -0.05) is 23.9 Å². The van der Waals surface area contributed by atoms with Gasteiger partial charge in [0, 0.05) is 16.3 Å². The Morgan fingerprint density at radius 3 is 2.38 bits per heavy atom. The largest absolute Gasteiger partial charge is 0.416 e. The molecule has 0 saturated carbocycles. The van der Waals surface area contributed by atoms with E-state index in [2.05, 4.69) is 9.80 Å². The molecule has 1 fully saturated rings. The van der Waals surface area contributed by atoms with E-state index in [0.717, 1.165) is 48.1 Å². The van der Waals surface area contributed by atoms with E-state index in [1.54, 1.807) is 17.8 Å². The van der Waals surface area contributed by atoms with Crippen LogP contribution in [0.1, 0.15) is 24.8 Å². The molecule has 0 aromatic heterocycles. The van der Waals surface area contributed by atoms with Crippen LogP contribution in [0.5, 0.6) is 0 Å². The molecule has 2 nitrogen and oxygen atoms in total. The number of benzene rings is 2. The van der Waals surface area contributed by atoms with Crippen LogP contribution in [-0.4, -0.2) is 31.1 Å². The maximum Gasteiger partial charge on any atom is 0.416 e. The van der Waals surface area contributed by atoms with Crippen LogP contribution < -0.4 is 4.90 Å². The van der Waals surface area contributed by atoms with Crippen LogP contribution in [0.15, 0.2) is 52.3 Å². The molecule has 6 heteroatoms. The van der Waals surface area contributed by atoms with Gasteiger partial charge in [0.15, 0.2) is 0 Å². The average molecular weight is 378 g/mol. The first-order valence-corrected chi connectivity index (χ1v) is 9.82. The van der Waals surface area contributed by atoms with Gasteiger partial charge in [-0.15, -0.1) is 0 Å². The second-order valence-electron chi connectivity index (χ2n) is 6.80. The first kappa shape index (κ1) is 17.7. The summed E-state index contributed by atoms with van der Waals surface area (Å²) >= 11 is 1.54. The predicted octanol–water partition coefficient (Wildman–Crippen LogP) is 5.79. The van der Waals surface area contributed by atoms with Crippen molar-refractivity contribution in [2.24, 2.45) is 0 Å². The van der Waals surface area contributed by atoms with Crippen LogP contribution >= 0.6 is 11.8 Å². The molecule has 0 spiro atoms. The third kappa shape index (κ3) is 3.58. The second-order valence-corrected chi connectivity index (χ2v) is 7.89. The Balaban J connectivity index is 1.62. The van der Waals surface area contributed by atoms with Gasteiger partial charge in [0.25, 0.3) is 0 Å². The summed E-state index contributed by atoms with van der Waals surface area (Å²) in [6.07, 6.45) is -0.880. The third-order valence-electron chi connectivity index (χ3n) is 5.01. The molecule has 2 aromatic carbocycles. The Bertz CT molecular complexity index is 785. The second kappa shape index (κ2) is 7.16. The van der Waals surface area contributed by atoms with Crippen LogP contribution in [0.25, 0.3) is 0 Å². The molecule has 0 amide bonds. The lowest BCUT2D eigenvalue weighted by Crippen LogP contribution is -2.27. The van der Waals surface area contributed by atoms with E-state index < -0.39 is 11.7 Å². The SMILES string of the molecule is FC(F)(F)c1ccc2c(c1)N(CCCN1CCCC1)c1ccccc1S2. The van der Waals surface area contributed by atoms with Crippen molar-refractivity contribution in [3.63, 3.8) is 0 Å². The van der Waals surface area contributed by atoms with E-state index >= 15 is 0 Å². The molecule has 138 valence electrons. The van der Waals surface area contributed by atoms with Crippen LogP contribution in [0, 0.1) is 0 Å². The van der Waals surface area contributed by atoms with Crippen molar-refractivity contribution < 1.29 is 13.2 Å². The van der Waals surface area contributed by atoms with Gasteiger partial charge < -0.3 is 9.80 Å². The van der Waals surface area contributed by atoms with E-state index in [1.807, 2.05) is 24.3 Å². The normalized spacial score (nSPS) is 17.3. The van der Waals surface area contributed by atoms with E-state index in [9.17, 15) is 13.2 Å². The van der Waals surface area contributed by atoms with E-state index in [0.29, 0.717) is 5.69 Å². The maximum absolute atomic E-state index is 13.2. The molecule has 2 aliphatic heterocycles. The topological polar surface area (TPSA) is 6.48 Å².